The van der Waals surface area contributed by atoms with Crippen LogP contribution in [0.3, 0.4) is 0 Å². The van der Waals surface area contributed by atoms with E-state index < -0.39 is 6.09 Å². The summed E-state index contributed by atoms with van der Waals surface area (Å²) in [6, 6.07) is 26.9. The lowest BCUT2D eigenvalue weighted by Crippen LogP contribution is -2.42. The maximum Gasteiger partial charge on any atom is 0.410 e. The van der Waals surface area contributed by atoms with Crippen molar-refractivity contribution in [3.05, 3.63) is 134 Å². The summed E-state index contributed by atoms with van der Waals surface area (Å²) >= 11 is 6.17. The molecule has 0 bridgehead atoms. The molecule has 1 aliphatic rings. The Labute approximate surface area is 214 Å². The monoisotopic (exact) mass is 499 g/mol. The maximum atomic E-state index is 13.8. The Bertz CT molecular complexity index is 1400. The highest BCUT2D eigenvalue weighted by Gasteiger charge is 2.29. The van der Waals surface area contributed by atoms with Crippen LogP contribution in [0.15, 0.2) is 89.7 Å². The second-order valence-electron chi connectivity index (χ2n) is 8.80. The Kier molecular flexibility index (Phi) is 6.87. The van der Waals surface area contributed by atoms with Gasteiger partial charge in [-0.2, -0.15) is 0 Å². The van der Waals surface area contributed by atoms with Crippen molar-refractivity contribution in [2.45, 2.75) is 32.5 Å². The first kappa shape index (κ1) is 23.8. The number of benzene rings is 3. The fourth-order valence-corrected chi connectivity index (χ4v) is 4.88. The molecule has 3 aromatic carbocycles. The van der Waals surface area contributed by atoms with Gasteiger partial charge in [0.2, 0.25) is 0 Å². The number of aromatic nitrogens is 2. The normalized spacial score (nSPS) is 12.9. The summed E-state index contributed by atoms with van der Waals surface area (Å²) in [6.07, 6.45) is -0.0329. The number of aryl methyl sites for hydroxylation is 1. The molecule has 0 aliphatic carbocycles. The first-order valence-electron chi connectivity index (χ1n) is 11.9. The van der Waals surface area contributed by atoms with Crippen molar-refractivity contribution >= 4 is 17.7 Å². The van der Waals surface area contributed by atoms with E-state index in [0.717, 1.165) is 16.7 Å². The van der Waals surface area contributed by atoms with Crippen molar-refractivity contribution in [2.75, 3.05) is 6.54 Å². The minimum atomic E-state index is -0.448. The predicted molar refractivity (Wildman–Crippen MR) is 139 cm³/mol. The number of ether oxygens (including phenoxy) is 1. The zero-order chi connectivity index (χ0) is 25.1. The second-order valence-corrected chi connectivity index (χ2v) is 9.21. The molecular formula is C29H26ClN3O3. The van der Waals surface area contributed by atoms with E-state index >= 15 is 0 Å². The van der Waals surface area contributed by atoms with E-state index in [1.807, 2.05) is 85.8 Å². The average molecular weight is 500 g/mol. The Balaban J connectivity index is 1.43. The fraction of sp³-hybridized carbons (Fsp3) is 0.207. The van der Waals surface area contributed by atoms with Gasteiger partial charge < -0.3 is 9.64 Å². The Hall–Kier alpha value is -3.90. The molecule has 1 aliphatic heterocycles. The lowest BCUT2D eigenvalue weighted by molar-refractivity contribution is 0.0910. The second kappa shape index (κ2) is 10.4. The summed E-state index contributed by atoms with van der Waals surface area (Å²) in [7, 11) is 0. The molecule has 0 atom stereocenters. The Morgan fingerprint density at radius 3 is 2.22 bits per heavy atom. The van der Waals surface area contributed by atoms with E-state index in [0.29, 0.717) is 35.1 Å². The van der Waals surface area contributed by atoms with Crippen LogP contribution in [0, 0.1) is 6.92 Å². The van der Waals surface area contributed by atoms with Gasteiger partial charge in [0, 0.05) is 22.7 Å². The molecule has 182 valence electrons. The van der Waals surface area contributed by atoms with Crippen LogP contribution in [-0.4, -0.2) is 27.1 Å². The van der Waals surface area contributed by atoms with E-state index in [9.17, 15) is 9.59 Å². The summed E-state index contributed by atoms with van der Waals surface area (Å²) in [6.45, 7) is 2.55. The lowest BCUT2D eigenvalue weighted by Gasteiger charge is -2.30. The van der Waals surface area contributed by atoms with Gasteiger partial charge in [-0.3, -0.25) is 9.36 Å². The molecule has 7 heteroatoms. The highest BCUT2D eigenvalue weighted by molar-refractivity contribution is 6.31. The van der Waals surface area contributed by atoms with Crippen molar-refractivity contribution in [1.82, 2.24) is 14.5 Å². The zero-order valence-electron chi connectivity index (χ0n) is 19.9. The average Bonchev–Trinajstić information content (AvgIpc) is 2.91. The van der Waals surface area contributed by atoms with Gasteiger partial charge in [-0.05, 0) is 30.5 Å². The molecule has 0 saturated heterocycles. The standard InChI is InChI=1S/C29H26ClN3O3/c1-20-31-26-18-32(29(35)36-19-23-14-8-9-15-25(23)30)17-16-24(26)28(34)33(20)27(21-10-4-2-5-11-21)22-12-6-3-7-13-22/h2-15,27H,16-19H2,1H3. The van der Waals surface area contributed by atoms with Gasteiger partial charge in [-0.25, -0.2) is 9.78 Å². The van der Waals surface area contributed by atoms with Crippen LogP contribution < -0.4 is 5.56 Å². The van der Waals surface area contributed by atoms with Crippen molar-refractivity contribution in [2.24, 2.45) is 0 Å². The third-order valence-corrected chi connectivity index (χ3v) is 6.87. The number of hydrogen-bond donors (Lipinski definition) is 0. The van der Waals surface area contributed by atoms with E-state index in [1.165, 1.54) is 0 Å². The molecule has 0 radical (unpaired) electrons. The van der Waals surface area contributed by atoms with Gasteiger partial charge in [0.25, 0.3) is 5.56 Å². The van der Waals surface area contributed by atoms with Crippen LogP contribution >= 0.6 is 11.6 Å². The molecule has 36 heavy (non-hydrogen) atoms. The number of fused-ring (bicyclic) bond motifs is 1. The Morgan fingerprint density at radius 2 is 1.58 bits per heavy atom. The number of rotatable bonds is 5. The minimum absolute atomic E-state index is 0.0701. The minimum Gasteiger partial charge on any atom is -0.444 e. The van der Waals surface area contributed by atoms with Crippen molar-refractivity contribution in [1.29, 1.82) is 0 Å². The molecular weight excluding hydrogens is 474 g/mol. The summed E-state index contributed by atoms with van der Waals surface area (Å²) in [4.78, 5) is 33.0. The summed E-state index contributed by atoms with van der Waals surface area (Å²) < 4.78 is 7.27. The van der Waals surface area contributed by atoms with Crippen molar-refractivity contribution < 1.29 is 9.53 Å². The zero-order valence-corrected chi connectivity index (χ0v) is 20.7. The van der Waals surface area contributed by atoms with E-state index in [1.54, 1.807) is 15.5 Å². The van der Waals surface area contributed by atoms with Crippen LogP contribution in [0.2, 0.25) is 5.02 Å². The fourth-order valence-electron chi connectivity index (χ4n) is 4.69. The molecule has 0 unspecified atom stereocenters. The van der Waals surface area contributed by atoms with Gasteiger partial charge in [-0.15, -0.1) is 0 Å². The van der Waals surface area contributed by atoms with Gasteiger partial charge in [0.15, 0.2) is 0 Å². The Morgan fingerprint density at radius 1 is 0.972 bits per heavy atom. The smallest absolute Gasteiger partial charge is 0.410 e. The molecule has 6 nitrogen and oxygen atoms in total. The lowest BCUT2D eigenvalue weighted by atomic mass is 9.97. The molecule has 0 fully saturated rings. The quantitative estimate of drug-likeness (QED) is 0.362. The van der Waals surface area contributed by atoms with E-state index in [2.05, 4.69) is 0 Å². The third-order valence-electron chi connectivity index (χ3n) is 6.50. The van der Waals surface area contributed by atoms with Crippen molar-refractivity contribution in [3.63, 3.8) is 0 Å². The van der Waals surface area contributed by atoms with Crippen LogP contribution in [0.1, 0.15) is 39.8 Å². The predicted octanol–water partition coefficient (Wildman–Crippen LogP) is 5.54. The molecule has 2 heterocycles. The van der Waals surface area contributed by atoms with Crippen molar-refractivity contribution in [3.8, 4) is 0 Å². The first-order valence-corrected chi connectivity index (χ1v) is 12.3. The molecule has 0 saturated carbocycles. The highest BCUT2D eigenvalue weighted by Crippen LogP contribution is 2.27. The van der Waals surface area contributed by atoms with Gasteiger partial charge in [0.1, 0.15) is 12.4 Å². The van der Waals surface area contributed by atoms with Crippen LogP contribution in [0.5, 0.6) is 0 Å². The van der Waals surface area contributed by atoms with Crippen LogP contribution in [-0.2, 0) is 24.3 Å². The number of hydrogen-bond acceptors (Lipinski definition) is 4. The molecule has 4 aromatic rings. The van der Waals surface area contributed by atoms with Crippen LogP contribution in [0.4, 0.5) is 4.79 Å². The maximum absolute atomic E-state index is 13.8. The SMILES string of the molecule is Cc1nc2c(c(=O)n1C(c1ccccc1)c1ccccc1)CCN(C(=O)OCc1ccccc1Cl)C2. The van der Waals surface area contributed by atoms with Crippen LogP contribution in [0.25, 0.3) is 0 Å². The van der Waals surface area contributed by atoms with Gasteiger partial charge in [-0.1, -0.05) is 90.5 Å². The number of nitrogens with zero attached hydrogens (tertiary/aromatic N) is 3. The number of carbonyl (C=O) groups is 1. The molecule has 1 amide bonds. The van der Waals surface area contributed by atoms with E-state index in [4.69, 9.17) is 21.3 Å². The molecule has 0 spiro atoms. The summed E-state index contributed by atoms with van der Waals surface area (Å²) in [5, 5.41) is 0.554. The summed E-state index contributed by atoms with van der Waals surface area (Å²) in [5.41, 5.74) is 3.96. The van der Waals surface area contributed by atoms with E-state index in [-0.39, 0.29) is 24.8 Å². The number of carbonyl (C=O) groups excluding carboxylic acids is 1. The molecule has 5 rings (SSSR count). The molecule has 0 N–H and O–H groups in total. The largest absolute Gasteiger partial charge is 0.444 e. The topological polar surface area (TPSA) is 64.4 Å². The first-order chi connectivity index (χ1) is 17.5. The summed E-state index contributed by atoms with van der Waals surface area (Å²) in [5.74, 6) is 0.600. The third kappa shape index (κ3) is 4.77. The number of halogens is 1. The van der Waals surface area contributed by atoms with Gasteiger partial charge >= 0.3 is 6.09 Å². The van der Waals surface area contributed by atoms with Gasteiger partial charge in [0.05, 0.1) is 18.3 Å². The highest BCUT2D eigenvalue weighted by atomic mass is 35.5. The number of amides is 1. The molecule has 1 aromatic heterocycles.